The molecule has 0 aliphatic heterocycles. The van der Waals surface area contributed by atoms with E-state index >= 15 is 0 Å². The van der Waals surface area contributed by atoms with Gasteiger partial charge in [-0.15, -0.1) is 0 Å². The second kappa shape index (κ2) is 10.4. The Morgan fingerprint density at radius 2 is 1.70 bits per heavy atom. The van der Waals surface area contributed by atoms with E-state index in [9.17, 15) is 17.2 Å². The Hall–Kier alpha value is -3.52. The van der Waals surface area contributed by atoms with Crippen molar-refractivity contribution in [3.05, 3.63) is 47.4 Å². The van der Waals surface area contributed by atoms with Gasteiger partial charge in [-0.25, -0.2) is 18.7 Å². The van der Waals surface area contributed by atoms with Crippen LogP contribution in [0.3, 0.4) is 0 Å². The topological polar surface area (TPSA) is 138 Å². The van der Waals surface area contributed by atoms with Crippen LogP contribution in [0.25, 0.3) is 0 Å². The Bertz CT molecular complexity index is 1180. The van der Waals surface area contributed by atoms with Crippen LogP contribution in [0.1, 0.15) is 11.3 Å². The molecule has 2 heterocycles. The first kappa shape index (κ1) is 24.1. The lowest BCUT2D eigenvalue weighted by atomic mass is 10.1. The van der Waals surface area contributed by atoms with E-state index in [0.29, 0.717) is 17.9 Å². The number of halogens is 2. The van der Waals surface area contributed by atoms with Gasteiger partial charge in [0.15, 0.2) is 34.7 Å². The lowest BCUT2D eigenvalue weighted by Crippen LogP contribution is -2.06. The molecule has 0 atom stereocenters. The molecule has 0 spiro atoms. The molecule has 33 heavy (non-hydrogen) atoms. The predicted octanol–water partition coefficient (Wildman–Crippen LogP) is 2.34. The van der Waals surface area contributed by atoms with Crippen LogP contribution in [0, 0.1) is 11.6 Å². The molecule has 0 amide bonds. The first-order valence-electron chi connectivity index (χ1n) is 9.39. The summed E-state index contributed by atoms with van der Waals surface area (Å²) in [6.45, 7) is -0.469. The maximum absolute atomic E-state index is 14.4. The van der Waals surface area contributed by atoms with Crippen molar-refractivity contribution in [2.45, 2.75) is 13.0 Å². The van der Waals surface area contributed by atoms with Gasteiger partial charge in [-0.1, -0.05) is 0 Å². The third-order valence-electron chi connectivity index (χ3n) is 4.22. The molecular formula is C19H21F2N5O6S. The highest BCUT2D eigenvalue weighted by atomic mass is 32.2. The number of hydrogen-bond donors (Lipinski definition) is 2. The largest absolute Gasteiger partial charge is 0.494 e. The van der Waals surface area contributed by atoms with Gasteiger partial charge in [-0.2, -0.15) is 13.5 Å². The average molecular weight is 485 g/mol. The molecule has 0 aliphatic carbocycles. The van der Waals surface area contributed by atoms with Crippen molar-refractivity contribution in [2.75, 3.05) is 32.4 Å². The molecule has 14 heteroatoms. The predicted molar refractivity (Wildman–Crippen MR) is 112 cm³/mol. The summed E-state index contributed by atoms with van der Waals surface area (Å²) in [5.74, 6) is -1.40. The number of ether oxygens (including phenoxy) is 3. The van der Waals surface area contributed by atoms with E-state index in [1.165, 1.54) is 26.6 Å². The van der Waals surface area contributed by atoms with Gasteiger partial charge in [0.1, 0.15) is 6.61 Å². The number of nitrogens with one attached hydrogen (secondary N) is 2. The summed E-state index contributed by atoms with van der Waals surface area (Å²) >= 11 is 0. The molecule has 0 radical (unpaired) electrons. The summed E-state index contributed by atoms with van der Waals surface area (Å²) in [6, 6.07) is 2.75. The highest BCUT2D eigenvalue weighted by Gasteiger charge is 2.20. The van der Waals surface area contributed by atoms with Gasteiger partial charge in [0, 0.05) is 24.2 Å². The number of aromatic nitrogens is 4. The van der Waals surface area contributed by atoms with Crippen LogP contribution < -0.4 is 19.5 Å². The normalized spacial score (nSPS) is 11.3. The van der Waals surface area contributed by atoms with Crippen molar-refractivity contribution in [1.82, 2.24) is 20.2 Å². The van der Waals surface area contributed by atoms with E-state index in [1.54, 1.807) is 6.07 Å². The fourth-order valence-corrected chi connectivity index (χ4v) is 3.03. The molecule has 178 valence electrons. The molecule has 1 aromatic carbocycles. The van der Waals surface area contributed by atoms with E-state index in [4.69, 9.17) is 14.2 Å². The monoisotopic (exact) mass is 485 g/mol. The molecule has 0 saturated carbocycles. The number of aromatic amines is 1. The Morgan fingerprint density at radius 1 is 1.06 bits per heavy atom. The van der Waals surface area contributed by atoms with Crippen LogP contribution in [0.5, 0.6) is 17.2 Å². The zero-order valence-electron chi connectivity index (χ0n) is 17.9. The molecule has 11 nitrogen and oxygen atoms in total. The number of nitrogens with zero attached hydrogens (tertiary/aromatic N) is 3. The minimum Gasteiger partial charge on any atom is -0.494 e. The highest BCUT2D eigenvalue weighted by molar-refractivity contribution is 7.85. The quantitative estimate of drug-likeness (QED) is 0.389. The number of benzene rings is 1. The third-order valence-corrected chi connectivity index (χ3v) is 4.81. The molecule has 0 unspecified atom stereocenters. The van der Waals surface area contributed by atoms with Gasteiger partial charge < -0.3 is 19.5 Å². The Balaban J connectivity index is 1.60. The second-order valence-electron chi connectivity index (χ2n) is 6.60. The van der Waals surface area contributed by atoms with Crippen molar-refractivity contribution in [1.29, 1.82) is 0 Å². The Kier molecular flexibility index (Phi) is 7.60. The molecule has 0 fully saturated rings. The van der Waals surface area contributed by atoms with Gasteiger partial charge in [-0.05, 0) is 0 Å². The molecule has 0 bridgehead atoms. The molecular weight excluding hydrogens is 464 g/mol. The fourth-order valence-electron chi connectivity index (χ4n) is 2.65. The molecule has 3 rings (SSSR count). The van der Waals surface area contributed by atoms with Crippen molar-refractivity contribution in [3.8, 4) is 17.2 Å². The summed E-state index contributed by atoms with van der Waals surface area (Å²) in [6.07, 6.45) is 3.90. The highest BCUT2D eigenvalue weighted by Crippen LogP contribution is 2.32. The van der Waals surface area contributed by atoms with E-state index in [-0.39, 0.29) is 35.4 Å². The number of rotatable bonds is 11. The molecule has 2 N–H and O–H groups in total. The van der Waals surface area contributed by atoms with E-state index in [0.717, 1.165) is 12.3 Å². The summed E-state index contributed by atoms with van der Waals surface area (Å²) in [7, 11) is -0.999. The lowest BCUT2D eigenvalue weighted by molar-refractivity contribution is 0.280. The molecule has 0 saturated heterocycles. The average Bonchev–Trinajstić information content (AvgIpc) is 3.21. The van der Waals surface area contributed by atoms with Gasteiger partial charge in [0.25, 0.3) is 10.1 Å². The van der Waals surface area contributed by atoms with Crippen molar-refractivity contribution >= 4 is 21.9 Å². The van der Waals surface area contributed by atoms with Crippen LogP contribution in [-0.4, -0.2) is 55.7 Å². The van der Waals surface area contributed by atoms with E-state index < -0.39 is 28.4 Å². The molecule has 0 aliphatic rings. The number of anilines is 2. The van der Waals surface area contributed by atoms with Gasteiger partial charge in [0.2, 0.25) is 5.95 Å². The van der Waals surface area contributed by atoms with Crippen molar-refractivity contribution in [2.24, 2.45) is 0 Å². The summed E-state index contributed by atoms with van der Waals surface area (Å²) in [5, 5.41) is 9.60. The molecule has 2 aromatic heterocycles. The fraction of sp³-hybridized carbons (Fsp3) is 0.316. The summed E-state index contributed by atoms with van der Waals surface area (Å²) in [5.41, 5.74) is 0.274. The minimum atomic E-state index is -3.51. The zero-order chi connectivity index (χ0) is 24.0. The Morgan fingerprint density at radius 3 is 2.27 bits per heavy atom. The lowest BCUT2D eigenvalue weighted by Gasteiger charge is -2.13. The summed E-state index contributed by atoms with van der Waals surface area (Å²) in [4.78, 5) is 8.12. The minimum absolute atomic E-state index is 0.0245. The standard InChI is InChI=1S/C19H21F2N5O6S/c1-29-14-7-15(30-2)18(21)13(17(14)20)10-31-12-8-22-19(23-9-12)24-16-6-11(25-26-16)4-5-32-33(3,27)28/h6-9H,4-5,10H2,1-3H3,(H2,22,23,24,25,26). The number of methoxy groups -OCH3 is 2. The van der Waals surface area contributed by atoms with Gasteiger partial charge in [-0.3, -0.25) is 9.28 Å². The zero-order valence-corrected chi connectivity index (χ0v) is 18.7. The SMILES string of the molecule is COc1cc(OC)c(F)c(COc2cnc(Nc3cc(CCOS(C)(=O)=O)[nH]n3)nc2)c1F. The second-order valence-corrected chi connectivity index (χ2v) is 8.24. The Labute approximate surface area is 188 Å². The van der Waals surface area contributed by atoms with Crippen LogP contribution in [0.4, 0.5) is 20.5 Å². The van der Waals surface area contributed by atoms with Crippen LogP contribution >= 0.6 is 0 Å². The first-order valence-corrected chi connectivity index (χ1v) is 11.2. The van der Waals surface area contributed by atoms with E-state index in [1.807, 2.05) is 0 Å². The number of H-pyrrole nitrogens is 1. The van der Waals surface area contributed by atoms with Crippen LogP contribution in [-0.2, 0) is 27.3 Å². The van der Waals surface area contributed by atoms with Crippen molar-refractivity contribution < 1.29 is 35.6 Å². The maximum atomic E-state index is 14.4. The van der Waals surface area contributed by atoms with Crippen LogP contribution in [0.2, 0.25) is 0 Å². The molecule has 3 aromatic rings. The number of hydrogen-bond acceptors (Lipinski definition) is 10. The summed E-state index contributed by atoms with van der Waals surface area (Å²) < 4.78 is 70.6. The smallest absolute Gasteiger partial charge is 0.264 e. The van der Waals surface area contributed by atoms with Crippen molar-refractivity contribution in [3.63, 3.8) is 0 Å². The van der Waals surface area contributed by atoms with E-state index in [2.05, 4.69) is 29.7 Å². The first-order chi connectivity index (χ1) is 15.7. The maximum Gasteiger partial charge on any atom is 0.264 e. The van der Waals surface area contributed by atoms with Gasteiger partial charge >= 0.3 is 0 Å². The van der Waals surface area contributed by atoms with Gasteiger partial charge in [0.05, 0.1) is 45.0 Å². The third kappa shape index (κ3) is 6.49. The van der Waals surface area contributed by atoms with Crippen LogP contribution in [0.15, 0.2) is 24.5 Å².